The number of sulfonamides is 1. The lowest BCUT2D eigenvalue weighted by atomic mass is 10.3. The van der Waals surface area contributed by atoms with Gasteiger partial charge in [-0.1, -0.05) is 11.6 Å². The van der Waals surface area contributed by atoms with Gasteiger partial charge in [-0.3, -0.25) is 0 Å². The van der Waals surface area contributed by atoms with E-state index in [0.717, 1.165) is 0 Å². The first-order valence-electron chi connectivity index (χ1n) is 6.80. The molecule has 12 heteroatoms. The maximum atomic E-state index is 11.5. The van der Waals surface area contributed by atoms with Crippen molar-refractivity contribution in [1.82, 2.24) is 9.97 Å². The van der Waals surface area contributed by atoms with E-state index in [1.54, 1.807) is 6.92 Å². The molecule has 0 bridgehead atoms. The highest BCUT2D eigenvalue weighted by atomic mass is 79.9. The Bertz CT molecular complexity index is 874. The molecule has 136 valence electrons. The second-order valence-electron chi connectivity index (χ2n) is 5.06. The molecule has 0 fully saturated rings. The average Bonchev–Trinajstić information content (AvgIpc) is 2.48. The summed E-state index contributed by atoms with van der Waals surface area (Å²) >= 11 is 12.5. The summed E-state index contributed by atoms with van der Waals surface area (Å²) in [4.78, 5) is 8.22. The maximum absolute atomic E-state index is 11.5. The molecule has 0 aliphatic carbocycles. The Kier molecular flexibility index (Phi) is 6.62. The van der Waals surface area contributed by atoms with Gasteiger partial charge in [-0.25, -0.2) is 18.5 Å². The maximum Gasteiger partial charge on any atom is 0.240 e. The zero-order valence-corrected chi connectivity index (χ0v) is 17.5. The van der Waals surface area contributed by atoms with Crippen LogP contribution < -0.4 is 15.8 Å². The van der Waals surface area contributed by atoms with Gasteiger partial charge in [-0.2, -0.15) is 4.98 Å². The van der Waals surface area contributed by atoms with Gasteiger partial charge in [0.2, 0.25) is 16.0 Å². The van der Waals surface area contributed by atoms with Gasteiger partial charge < -0.3 is 15.7 Å². The standard InChI is InChI=1S/C13H14Br2ClN5O3S/c1-6(5-22)19-12-9(15)4-18-13(21-12)20-7-2-8(14)11(10(16)3-7)25(17,23)24/h2-4,6,22H,5H2,1H3,(H2,17,23,24)(H2,18,19,20,21)/t6-/m1/s1. The number of rotatable bonds is 6. The van der Waals surface area contributed by atoms with E-state index in [-0.39, 0.29) is 33.0 Å². The van der Waals surface area contributed by atoms with Crippen molar-refractivity contribution in [1.29, 1.82) is 0 Å². The minimum atomic E-state index is -3.96. The second-order valence-corrected chi connectivity index (χ2v) is 8.67. The van der Waals surface area contributed by atoms with E-state index in [1.807, 2.05) is 0 Å². The molecule has 1 atom stereocenters. The number of anilines is 3. The van der Waals surface area contributed by atoms with Gasteiger partial charge in [0, 0.05) is 22.4 Å². The molecule has 0 saturated carbocycles. The lowest BCUT2D eigenvalue weighted by Gasteiger charge is -2.14. The fourth-order valence-corrected chi connectivity index (χ4v) is 4.60. The molecule has 2 rings (SSSR count). The summed E-state index contributed by atoms with van der Waals surface area (Å²) in [7, 11) is -3.96. The van der Waals surface area contributed by atoms with Crippen molar-refractivity contribution in [3.8, 4) is 0 Å². The van der Waals surface area contributed by atoms with Gasteiger partial charge in [0.25, 0.3) is 0 Å². The summed E-state index contributed by atoms with van der Waals surface area (Å²) < 4.78 is 23.9. The van der Waals surface area contributed by atoms with Crippen LogP contribution in [0.2, 0.25) is 5.02 Å². The molecule has 1 aromatic carbocycles. The molecule has 0 radical (unpaired) electrons. The van der Waals surface area contributed by atoms with Gasteiger partial charge in [-0.15, -0.1) is 0 Å². The van der Waals surface area contributed by atoms with Crippen LogP contribution in [0.3, 0.4) is 0 Å². The number of halogens is 3. The fourth-order valence-electron chi connectivity index (χ4n) is 1.84. The smallest absolute Gasteiger partial charge is 0.240 e. The lowest BCUT2D eigenvalue weighted by molar-refractivity contribution is 0.281. The highest BCUT2D eigenvalue weighted by Crippen LogP contribution is 2.33. The molecule has 0 aliphatic rings. The number of benzene rings is 1. The number of hydrogen-bond donors (Lipinski definition) is 4. The fraction of sp³-hybridized carbons (Fsp3) is 0.231. The van der Waals surface area contributed by atoms with Crippen LogP contribution in [-0.2, 0) is 10.0 Å². The second kappa shape index (κ2) is 8.14. The van der Waals surface area contributed by atoms with Crippen molar-refractivity contribution in [2.75, 3.05) is 17.2 Å². The monoisotopic (exact) mass is 513 g/mol. The van der Waals surface area contributed by atoms with E-state index in [1.165, 1.54) is 18.3 Å². The molecule has 0 saturated heterocycles. The number of nitrogens with two attached hydrogens (primary N) is 1. The van der Waals surface area contributed by atoms with Crippen molar-refractivity contribution < 1.29 is 13.5 Å². The van der Waals surface area contributed by atoms with E-state index in [4.69, 9.17) is 21.8 Å². The number of nitrogens with zero attached hydrogens (tertiary/aromatic N) is 2. The topological polar surface area (TPSA) is 130 Å². The van der Waals surface area contributed by atoms with E-state index >= 15 is 0 Å². The third-order valence-corrected chi connectivity index (χ3v) is 5.83. The van der Waals surface area contributed by atoms with Crippen LogP contribution in [0.4, 0.5) is 17.5 Å². The summed E-state index contributed by atoms with van der Waals surface area (Å²) in [5, 5.41) is 20.2. The highest BCUT2D eigenvalue weighted by molar-refractivity contribution is 9.10. The molecular formula is C13H14Br2ClN5O3S. The van der Waals surface area contributed by atoms with Crippen molar-refractivity contribution in [3.63, 3.8) is 0 Å². The summed E-state index contributed by atoms with van der Waals surface area (Å²) in [6.45, 7) is 1.74. The Morgan fingerprint density at radius 3 is 2.60 bits per heavy atom. The molecule has 8 nitrogen and oxygen atoms in total. The summed E-state index contributed by atoms with van der Waals surface area (Å²) in [5.74, 6) is 0.743. The number of primary sulfonamides is 1. The Balaban J connectivity index is 2.33. The predicted octanol–water partition coefficient (Wildman–Crippen LogP) is 2.84. The van der Waals surface area contributed by atoms with Crippen LogP contribution in [0.5, 0.6) is 0 Å². The molecule has 5 N–H and O–H groups in total. The SMILES string of the molecule is C[C@H](CO)Nc1nc(Nc2cc(Cl)c(S(N)(=O)=O)c(Br)c2)ncc1Br. The third kappa shape index (κ3) is 5.25. The van der Waals surface area contributed by atoms with Crippen LogP contribution in [0, 0.1) is 0 Å². The van der Waals surface area contributed by atoms with E-state index in [9.17, 15) is 8.42 Å². The molecule has 1 aromatic heterocycles. The molecule has 2 aromatic rings. The largest absolute Gasteiger partial charge is 0.394 e. The van der Waals surface area contributed by atoms with Crippen molar-refractivity contribution >= 4 is 70.9 Å². The quantitative estimate of drug-likeness (QED) is 0.465. The predicted molar refractivity (Wildman–Crippen MR) is 104 cm³/mol. The summed E-state index contributed by atoms with van der Waals surface area (Å²) in [5.41, 5.74) is 0.466. The van der Waals surface area contributed by atoms with Gasteiger partial charge in [0.1, 0.15) is 10.7 Å². The van der Waals surface area contributed by atoms with E-state index in [2.05, 4.69) is 52.5 Å². The number of hydrogen-bond acceptors (Lipinski definition) is 7. The Morgan fingerprint density at radius 1 is 1.36 bits per heavy atom. The zero-order chi connectivity index (χ0) is 18.8. The summed E-state index contributed by atoms with van der Waals surface area (Å²) in [6, 6.07) is 2.71. The number of aliphatic hydroxyl groups is 1. The summed E-state index contributed by atoms with van der Waals surface area (Å²) in [6.07, 6.45) is 1.54. The minimum absolute atomic E-state index is 0.0382. The molecule has 0 amide bonds. The number of nitrogens with one attached hydrogen (secondary N) is 2. The van der Waals surface area contributed by atoms with Gasteiger partial charge >= 0.3 is 0 Å². The first-order valence-corrected chi connectivity index (χ1v) is 10.3. The van der Waals surface area contributed by atoms with Gasteiger partial charge in [0.05, 0.1) is 16.1 Å². The van der Waals surface area contributed by atoms with E-state index < -0.39 is 10.0 Å². The lowest BCUT2D eigenvalue weighted by Crippen LogP contribution is -2.20. The third-order valence-electron chi connectivity index (χ3n) is 2.94. The number of aromatic nitrogens is 2. The van der Waals surface area contributed by atoms with Crippen molar-refractivity contribution in [3.05, 3.63) is 32.3 Å². The molecule has 0 unspecified atom stereocenters. The molecule has 0 aliphatic heterocycles. The Hall–Kier alpha value is -0.980. The molecule has 25 heavy (non-hydrogen) atoms. The molecular weight excluding hydrogens is 502 g/mol. The normalized spacial score (nSPS) is 12.7. The number of aliphatic hydroxyl groups excluding tert-OH is 1. The first kappa shape index (κ1) is 20.3. The van der Waals surface area contributed by atoms with Gasteiger partial charge in [-0.05, 0) is 50.9 Å². The minimum Gasteiger partial charge on any atom is -0.394 e. The van der Waals surface area contributed by atoms with Crippen LogP contribution >= 0.6 is 43.5 Å². The van der Waals surface area contributed by atoms with Crippen LogP contribution in [0.1, 0.15) is 6.92 Å². The average molecular weight is 516 g/mol. The molecule has 0 spiro atoms. The highest BCUT2D eigenvalue weighted by Gasteiger charge is 2.18. The van der Waals surface area contributed by atoms with Crippen LogP contribution in [0.15, 0.2) is 32.2 Å². The first-order chi connectivity index (χ1) is 11.6. The Morgan fingerprint density at radius 2 is 2.04 bits per heavy atom. The molecule has 1 heterocycles. The van der Waals surface area contributed by atoms with Crippen molar-refractivity contribution in [2.45, 2.75) is 17.9 Å². The van der Waals surface area contributed by atoms with E-state index in [0.29, 0.717) is 16.0 Å². The Labute approximate surface area is 166 Å². The zero-order valence-electron chi connectivity index (χ0n) is 12.8. The van der Waals surface area contributed by atoms with Gasteiger partial charge in [0.15, 0.2) is 0 Å². The van der Waals surface area contributed by atoms with Crippen LogP contribution in [0.25, 0.3) is 0 Å². The van der Waals surface area contributed by atoms with Crippen LogP contribution in [-0.4, -0.2) is 36.1 Å². The van der Waals surface area contributed by atoms with Crippen molar-refractivity contribution in [2.24, 2.45) is 5.14 Å².